The average molecular weight is 210 g/mol. The molecule has 1 rings (SSSR count). The van der Waals surface area contributed by atoms with Gasteiger partial charge in [-0.1, -0.05) is 19.1 Å². The first-order valence-electron chi connectivity index (χ1n) is 5.81. The number of nitrogens with one attached hydrogen (secondary N) is 1. The molecule has 1 fully saturated rings. The van der Waals surface area contributed by atoms with Gasteiger partial charge in [0.05, 0.1) is 6.04 Å². The molecule has 0 aromatic rings. The van der Waals surface area contributed by atoms with E-state index in [-0.39, 0.29) is 11.9 Å². The predicted molar refractivity (Wildman–Crippen MR) is 62.7 cm³/mol. The fourth-order valence-corrected chi connectivity index (χ4v) is 1.93. The van der Waals surface area contributed by atoms with Crippen molar-refractivity contribution in [3.05, 3.63) is 12.2 Å². The highest BCUT2D eigenvalue weighted by Gasteiger charge is 2.27. The topological polar surface area (TPSA) is 32.3 Å². The van der Waals surface area contributed by atoms with Crippen LogP contribution >= 0.6 is 0 Å². The van der Waals surface area contributed by atoms with Gasteiger partial charge >= 0.3 is 0 Å². The van der Waals surface area contributed by atoms with Gasteiger partial charge < -0.3 is 10.2 Å². The zero-order valence-electron chi connectivity index (χ0n) is 9.88. The van der Waals surface area contributed by atoms with Gasteiger partial charge in [-0.2, -0.15) is 0 Å². The Kier molecular flexibility index (Phi) is 4.82. The molecule has 0 saturated carbocycles. The number of nitrogens with zero attached hydrogens (tertiary/aromatic N) is 1. The van der Waals surface area contributed by atoms with Crippen molar-refractivity contribution in [2.45, 2.75) is 39.2 Å². The van der Waals surface area contributed by atoms with Crippen LogP contribution in [0.2, 0.25) is 0 Å². The molecule has 0 bridgehead atoms. The number of likely N-dealkylation sites (tertiary alicyclic amines) is 1. The second-order valence-electron chi connectivity index (χ2n) is 4.37. The monoisotopic (exact) mass is 210 g/mol. The molecule has 0 aromatic carbocycles. The van der Waals surface area contributed by atoms with Gasteiger partial charge in [0, 0.05) is 13.1 Å². The lowest BCUT2D eigenvalue weighted by Gasteiger charge is -2.32. The molecule has 0 spiro atoms. The number of carbonyl (C=O) groups excluding carboxylic acids is 1. The molecule has 0 aliphatic carbocycles. The van der Waals surface area contributed by atoms with Crippen LogP contribution in [-0.4, -0.2) is 36.5 Å². The minimum Gasteiger partial charge on any atom is -0.337 e. The van der Waals surface area contributed by atoms with Crippen LogP contribution in [0, 0.1) is 0 Å². The minimum atomic E-state index is 0.0399. The van der Waals surface area contributed by atoms with Crippen LogP contribution in [0.4, 0.5) is 0 Å². The largest absolute Gasteiger partial charge is 0.337 e. The van der Waals surface area contributed by atoms with E-state index < -0.39 is 0 Å². The van der Waals surface area contributed by atoms with Gasteiger partial charge in [-0.3, -0.25) is 4.79 Å². The Hall–Kier alpha value is -0.830. The van der Waals surface area contributed by atoms with E-state index in [0.29, 0.717) is 6.54 Å². The van der Waals surface area contributed by atoms with Crippen molar-refractivity contribution in [3.63, 3.8) is 0 Å². The van der Waals surface area contributed by atoms with Gasteiger partial charge in [0.15, 0.2) is 0 Å². The van der Waals surface area contributed by atoms with E-state index in [1.54, 1.807) is 0 Å². The number of carbonyl (C=O) groups is 1. The molecule has 0 aromatic heterocycles. The van der Waals surface area contributed by atoms with Gasteiger partial charge in [0.1, 0.15) is 0 Å². The molecule has 3 nitrogen and oxygen atoms in total. The summed E-state index contributed by atoms with van der Waals surface area (Å²) >= 11 is 0. The first kappa shape index (κ1) is 12.2. The second kappa shape index (κ2) is 5.91. The molecule has 1 N–H and O–H groups in total. The summed E-state index contributed by atoms with van der Waals surface area (Å²) in [5.74, 6) is 0.248. The van der Waals surface area contributed by atoms with Crippen molar-refractivity contribution in [1.29, 1.82) is 0 Å². The number of hydrogen-bond acceptors (Lipinski definition) is 2. The molecule has 0 radical (unpaired) electrons. The van der Waals surface area contributed by atoms with Crippen molar-refractivity contribution in [2.24, 2.45) is 0 Å². The first-order chi connectivity index (χ1) is 7.15. The normalized spacial score (nSPS) is 21.9. The summed E-state index contributed by atoms with van der Waals surface area (Å²) < 4.78 is 0. The summed E-state index contributed by atoms with van der Waals surface area (Å²) in [6, 6.07) is 0.0399. The van der Waals surface area contributed by atoms with Crippen LogP contribution in [0.3, 0.4) is 0 Å². The molecule has 1 saturated heterocycles. The fourth-order valence-electron chi connectivity index (χ4n) is 1.93. The van der Waals surface area contributed by atoms with Gasteiger partial charge in [0.2, 0.25) is 5.91 Å². The van der Waals surface area contributed by atoms with Crippen molar-refractivity contribution in [3.8, 4) is 0 Å². The molecule has 3 heteroatoms. The van der Waals surface area contributed by atoms with Crippen LogP contribution in [0.15, 0.2) is 12.2 Å². The number of hydrogen-bond donors (Lipinski definition) is 1. The molecule has 1 heterocycles. The third-order valence-electron chi connectivity index (χ3n) is 2.63. The molecule has 86 valence electrons. The highest BCUT2D eigenvalue weighted by molar-refractivity contribution is 5.82. The van der Waals surface area contributed by atoms with Gasteiger partial charge in [-0.05, 0) is 32.7 Å². The van der Waals surface area contributed by atoms with E-state index in [4.69, 9.17) is 0 Å². The zero-order valence-corrected chi connectivity index (χ0v) is 9.88. The lowest BCUT2D eigenvalue weighted by molar-refractivity contribution is -0.135. The van der Waals surface area contributed by atoms with Crippen molar-refractivity contribution in [1.82, 2.24) is 10.2 Å². The van der Waals surface area contributed by atoms with E-state index in [1.165, 1.54) is 0 Å². The molecular formula is C12H22N2O. The molecular weight excluding hydrogens is 188 g/mol. The highest BCUT2D eigenvalue weighted by atomic mass is 16.2. The van der Waals surface area contributed by atoms with Crippen LogP contribution in [0.25, 0.3) is 0 Å². The maximum Gasteiger partial charge on any atom is 0.239 e. The number of rotatable bonds is 5. The quantitative estimate of drug-likeness (QED) is 0.698. The summed E-state index contributed by atoms with van der Waals surface area (Å²) in [6.45, 7) is 10.5. The van der Waals surface area contributed by atoms with Gasteiger partial charge in [-0.25, -0.2) is 0 Å². The molecule has 1 aliphatic rings. The fraction of sp³-hybridized carbons (Fsp3) is 0.750. The van der Waals surface area contributed by atoms with E-state index in [0.717, 1.165) is 37.9 Å². The predicted octanol–water partition coefficient (Wildman–Crippen LogP) is 1.55. The Bertz CT molecular complexity index is 238. The third-order valence-corrected chi connectivity index (χ3v) is 2.63. The summed E-state index contributed by atoms with van der Waals surface area (Å²) in [5, 5.41) is 3.30. The summed E-state index contributed by atoms with van der Waals surface area (Å²) in [5.41, 5.74) is 1.06. The van der Waals surface area contributed by atoms with Crippen molar-refractivity contribution >= 4 is 5.91 Å². The van der Waals surface area contributed by atoms with E-state index >= 15 is 0 Å². The van der Waals surface area contributed by atoms with E-state index in [1.807, 2.05) is 11.8 Å². The van der Waals surface area contributed by atoms with Crippen molar-refractivity contribution in [2.75, 3.05) is 19.6 Å². The van der Waals surface area contributed by atoms with Crippen LogP contribution in [0.1, 0.15) is 33.1 Å². The molecule has 1 unspecified atom stereocenters. The number of amides is 1. The second-order valence-corrected chi connectivity index (χ2v) is 4.37. The lowest BCUT2D eigenvalue weighted by atomic mass is 10.0. The Labute approximate surface area is 92.5 Å². The standard InChI is InChI=1S/C12H22N2O/c1-4-7-13-11-6-5-8-14(12(11)15)9-10(2)3/h11,13H,2,4-9H2,1,3H3. The first-order valence-corrected chi connectivity index (χ1v) is 5.81. The molecule has 1 aliphatic heterocycles. The van der Waals surface area contributed by atoms with Crippen LogP contribution in [0.5, 0.6) is 0 Å². The summed E-state index contributed by atoms with van der Waals surface area (Å²) in [7, 11) is 0. The Morgan fingerprint density at radius 2 is 2.40 bits per heavy atom. The highest BCUT2D eigenvalue weighted by Crippen LogP contribution is 2.12. The SMILES string of the molecule is C=C(C)CN1CCCC(NCCC)C1=O. The maximum atomic E-state index is 12.0. The average Bonchev–Trinajstić information content (AvgIpc) is 2.19. The Morgan fingerprint density at radius 1 is 1.67 bits per heavy atom. The smallest absolute Gasteiger partial charge is 0.239 e. The van der Waals surface area contributed by atoms with Gasteiger partial charge in [-0.15, -0.1) is 0 Å². The Morgan fingerprint density at radius 3 is 3.00 bits per heavy atom. The minimum absolute atomic E-state index is 0.0399. The zero-order chi connectivity index (χ0) is 11.3. The molecule has 1 amide bonds. The van der Waals surface area contributed by atoms with Crippen LogP contribution in [-0.2, 0) is 4.79 Å². The Balaban J connectivity index is 2.47. The molecule has 1 atom stereocenters. The molecule has 15 heavy (non-hydrogen) atoms. The van der Waals surface area contributed by atoms with Gasteiger partial charge in [0.25, 0.3) is 0 Å². The van der Waals surface area contributed by atoms with Crippen LogP contribution < -0.4 is 5.32 Å². The van der Waals surface area contributed by atoms with Crippen molar-refractivity contribution < 1.29 is 4.79 Å². The third kappa shape index (κ3) is 3.67. The number of piperidine rings is 1. The summed E-state index contributed by atoms with van der Waals surface area (Å²) in [6.07, 6.45) is 3.15. The lowest BCUT2D eigenvalue weighted by Crippen LogP contribution is -2.51. The van der Waals surface area contributed by atoms with E-state index in [9.17, 15) is 4.79 Å². The van der Waals surface area contributed by atoms with E-state index in [2.05, 4.69) is 18.8 Å². The summed E-state index contributed by atoms with van der Waals surface area (Å²) in [4.78, 5) is 13.9. The maximum absolute atomic E-state index is 12.0.